The molecule has 1 aromatic carbocycles. The fourth-order valence-electron chi connectivity index (χ4n) is 1.28. The van der Waals surface area contributed by atoms with Gasteiger partial charge in [-0.1, -0.05) is 6.07 Å². The standard InChI is InChI=1S/C12H7N5/c13-7-9-2-1-3-10(6-9)16-12-15-5-4-11(8-14)17-12/h1-6H,(H,15,16,17). The minimum atomic E-state index is 0.291. The molecule has 80 valence electrons. The van der Waals surface area contributed by atoms with E-state index >= 15 is 0 Å². The van der Waals surface area contributed by atoms with Crippen LogP contribution < -0.4 is 5.32 Å². The van der Waals surface area contributed by atoms with Crippen LogP contribution in [0.5, 0.6) is 0 Å². The average molecular weight is 221 g/mol. The van der Waals surface area contributed by atoms with E-state index in [1.54, 1.807) is 24.3 Å². The van der Waals surface area contributed by atoms with Gasteiger partial charge in [-0.25, -0.2) is 9.97 Å². The van der Waals surface area contributed by atoms with Crippen molar-refractivity contribution in [1.29, 1.82) is 10.5 Å². The van der Waals surface area contributed by atoms with Gasteiger partial charge in [0.2, 0.25) is 5.95 Å². The Morgan fingerprint density at radius 3 is 2.76 bits per heavy atom. The Balaban J connectivity index is 2.26. The maximum Gasteiger partial charge on any atom is 0.228 e. The number of nitriles is 2. The second-order valence-corrected chi connectivity index (χ2v) is 3.19. The van der Waals surface area contributed by atoms with Crippen molar-refractivity contribution in [3.63, 3.8) is 0 Å². The molecule has 1 aromatic heterocycles. The number of anilines is 2. The van der Waals surface area contributed by atoms with Crippen molar-refractivity contribution < 1.29 is 0 Å². The summed E-state index contributed by atoms with van der Waals surface area (Å²) in [6.45, 7) is 0. The first kappa shape index (κ1) is 10.6. The highest BCUT2D eigenvalue weighted by molar-refractivity contribution is 5.56. The van der Waals surface area contributed by atoms with Crippen LogP contribution in [0.1, 0.15) is 11.3 Å². The van der Waals surface area contributed by atoms with Gasteiger partial charge in [0.05, 0.1) is 11.6 Å². The highest BCUT2D eigenvalue weighted by atomic mass is 15.1. The van der Waals surface area contributed by atoms with Crippen LogP contribution in [0.15, 0.2) is 36.5 Å². The Hall–Kier alpha value is -2.92. The summed E-state index contributed by atoms with van der Waals surface area (Å²) in [6.07, 6.45) is 1.50. The summed E-state index contributed by atoms with van der Waals surface area (Å²) in [5.41, 5.74) is 1.55. The first-order chi connectivity index (χ1) is 8.31. The van der Waals surface area contributed by atoms with Crippen molar-refractivity contribution in [1.82, 2.24) is 9.97 Å². The van der Waals surface area contributed by atoms with Crippen LogP contribution in [0.2, 0.25) is 0 Å². The molecule has 17 heavy (non-hydrogen) atoms. The summed E-state index contributed by atoms with van der Waals surface area (Å²) in [6, 6.07) is 12.4. The quantitative estimate of drug-likeness (QED) is 0.837. The molecule has 0 amide bonds. The largest absolute Gasteiger partial charge is 0.324 e. The van der Waals surface area contributed by atoms with Crippen molar-refractivity contribution in [3.8, 4) is 12.1 Å². The first-order valence-corrected chi connectivity index (χ1v) is 4.82. The molecule has 0 bridgehead atoms. The zero-order valence-corrected chi connectivity index (χ0v) is 8.75. The van der Waals surface area contributed by atoms with Crippen molar-refractivity contribution in [3.05, 3.63) is 47.8 Å². The predicted molar refractivity (Wildman–Crippen MR) is 61.2 cm³/mol. The molecule has 1 N–H and O–H groups in total. The van der Waals surface area contributed by atoms with Gasteiger partial charge in [0, 0.05) is 11.9 Å². The summed E-state index contributed by atoms with van der Waals surface area (Å²) < 4.78 is 0. The SMILES string of the molecule is N#Cc1cccc(Nc2nccc(C#N)n2)c1. The van der Waals surface area contributed by atoms with Crippen LogP contribution >= 0.6 is 0 Å². The lowest BCUT2D eigenvalue weighted by atomic mass is 10.2. The van der Waals surface area contributed by atoms with E-state index in [2.05, 4.69) is 15.3 Å². The minimum absolute atomic E-state index is 0.291. The van der Waals surface area contributed by atoms with Crippen LogP contribution in [0.25, 0.3) is 0 Å². The molecule has 0 spiro atoms. The Labute approximate surface area is 98.0 Å². The summed E-state index contributed by atoms with van der Waals surface area (Å²) in [5, 5.41) is 20.4. The number of nitrogens with zero attached hydrogens (tertiary/aromatic N) is 4. The van der Waals surface area contributed by atoms with Crippen LogP contribution in [0.4, 0.5) is 11.6 Å². The smallest absolute Gasteiger partial charge is 0.228 e. The molecule has 0 atom stereocenters. The molecular weight excluding hydrogens is 214 g/mol. The van der Waals surface area contributed by atoms with Crippen molar-refractivity contribution in [2.24, 2.45) is 0 Å². The van der Waals surface area contributed by atoms with Gasteiger partial charge in [0.15, 0.2) is 0 Å². The molecule has 2 rings (SSSR count). The fourth-order valence-corrected chi connectivity index (χ4v) is 1.28. The molecule has 0 saturated carbocycles. The number of rotatable bonds is 2. The van der Waals surface area contributed by atoms with Gasteiger partial charge in [0.25, 0.3) is 0 Å². The summed E-state index contributed by atoms with van der Waals surface area (Å²) in [7, 11) is 0. The maximum atomic E-state index is 8.76. The molecule has 0 saturated heterocycles. The van der Waals surface area contributed by atoms with Gasteiger partial charge in [-0.15, -0.1) is 0 Å². The van der Waals surface area contributed by atoms with E-state index in [-0.39, 0.29) is 0 Å². The molecular formula is C12H7N5. The molecule has 5 nitrogen and oxygen atoms in total. The molecule has 0 fully saturated rings. The second kappa shape index (κ2) is 4.73. The van der Waals surface area contributed by atoms with Gasteiger partial charge in [-0.05, 0) is 24.3 Å². The number of hydrogen-bond acceptors (Lipinski definition) is 5. The van der Waals surface area contributed by atoms with Gasteiger partial charge < -0.3 is 5.32 Å². The fraction of sp³-hybridized carbons (Fsp3) is 0. The van der Waals surface area contributed by atoms with Gasteiger partial charge in [0.1, 0.15) is 11.8 Å². The molecule has 5 heteroatoms. The molecule has 1 heterocycles. The molecule has 0 aliphatic rings. The molecule has 0 radical (unpaired) electrons. The van der Waals surface area contributed by atoms with E-state index in [1.807, 2.05) is 12.1 Å². The highest BCUT2D eigenvalue weighted by Crippen LogP contribution is 2.14. The topological polar surface area (TPSA) is 85.4 Å². The highest BCUT2D eigenvalue weighted by Gasteiger charge is 2.00. The van der Waals surface area contributed by atoms with Crippen LogP contribution in [0.3, 0.4) is 0 Å². The lowest BCUT2D eigenvalue weighted by molar-refractivity contribution is 1.14. The zero-order chi connectivity index (χ0) is 12.1. The normalized spacial score (nSPS) is 9.06. The van der Waals surface area contributed by atoms with Crippen molar-refractivity contribution in [2.45, 2.75) is 0 Å². The number of aromatic nitrogens is 2. The molecule has 0 unspecified atom stereocenters. The maximum absolute atomic E-state index is 8.76. The second-order valence-electron chi connectivity index (χ2n) is 3.19. The Kier molecular flexibility index (Phi) is 2.95. The minimum Gasteiger partial charge on any atom is -0.324 e. The van der Waals surface area contributed by atoms with Gasteiger partial charge >= 0.3 is 0 Å². The van der Waals surface area contributed by atoms with E-state index in [9.17, 15) is 0 Å². The predicted octanol–water partition coefficient (Wildman–Crippen LogP) is 1.96. The monoisotopic (exact) mass is 221 g/mol. The average Bonchev–Trinajstić information content (AvgIpc) is 2.39. The Morgan fingerprint density at radius 2 is 2.00 bits per heavy atom. The van der Waals surface area contributed by atoms with Gasteiger partial charge in [-0.3, -0.25) is 0 Å². The summed E-state index contributed by atoms with van der Waals surface area (Å²) in [5.74, 6) is 0.333. The van der Waals surface area contributed by atoms with E-state index in [0.717, 1.165) is 0 Å². The third-order valence-corrected chi connectivity index (χ3v) is 2.02. The summed E-state index contributed by atoms with van der Waals surface area (Å²) >= 11 is 0. The third kappa shape index (κ3) is 2.55. The summed E-state index contributed by atoms with van der Waals surface area (Å²) in [4.78, 5) is 7.96. The molecule has 0 aliphatic carbocycles. The van der Waals surface area contributed by atoms with Gasteiger partial charge in [-0.2, -0.15) is 10.5 Å². The van der Waals surface area contributed by atoms with E-state index < -0.39 is 0 Å². The third-order valence-electron chi connectivity index (χ3n) is 2.02. The number of hydrogen-bond donors (Lipinski definition) is 1. The molecule has 2 aromatic rings. The van der Waals surface area contributed by atoms with Crippen LogP contribution in [-0.2, 0) is 0 Å². The first-order valence-electron chi connectivity index (χ1n) is 4.82. The Bertz CT molecular complexity index is 566. The number of benzene rings is 1. The van der Waals surface area contributed by atoms with Crippen LogP contribution in [-0.4, -0.2) is 9.97 Å². The number of nitrogens with one attached hydrogen (secondary N) is 1. The van der Waals surface area contributed by atoms with Crippen LogP contribution in [0, 0.1) is 22.7 Å². The van der Waals surface area contributed by atoms with Crippen molar-refractivity contribution in [2.75, 3.05) is 5.32 Å². The van der Waals surface area contributed by atoms with E-state index in [4.69, 9.17) is 10.5 Å². The zero-order valence-electron chi connectivity index (χ0n) is 8.75. The lowest BCUT2D eigenvalue weighted by Gasteiger charge is -2.04. The Morgan fingerprint density at radius 1 is 1.12 bits per heavy atom. The van der Waals surface area contributed by atoms with E-state index in [0.29, 0.717) is 22.9 Å². The van der Waals surface area contributed by atoms with Crippen molar-refractivity contribution >= 4 is 11.6 Å². The molecule has 0 aliphatic heterocycles. The lowest BCUT2D eigenvalue weighted by Crippen LogP contribution is -1.98. The van der Waals surface area contributed by atoms with E-state index in [1.165, 1.54) is 12.3 Å².